The molecule has 1 aliphatic rings. The molecule has 2 aromatic rings. The van der Waals surface area contributed by atoms with Crippen LogP contribution in [0, 0.1) is 13.8 Å². The molecule has 0 unspecified atom stereocenters. The van der Waals surface area contributed by atoms with Gasteiger partial charge in [0.05, 0.1) is 18.3 Å². The summed E-state index contributed by atoms with van der Waals surface area (Å²) in [5.41, 5.74) is 2.25. The number of benzene rings is 1. The maximum absolute atomic E-state index is 6.08. The molecule has 0 spiro atoms. The predicted molar refractivity (Wildman–Crippen MR) is 103 cm³/mol. The van der Waals surface area contributed by atoms with Crippen molar-refractivity contribution in [2.45, 2.75) is 52.3 Å². The minimum Gasteiger partial charge on any atom is -0.490 e. The zero-order chi connectivity index (χ0) is 17.6. The first kappa shape index (κ1) is 17.7. The molecule has 134 valence electrons. The second-order valence-corrected chi connectivity index (χ2v) is 7.59. The second-order valence-electron chi connectivity index (χ2n) is 6.31. The minimum atomic E-state index is 0.384. The van der Waals surface area contributed by atoms with E-state index in [1.165, 1.54) is 11.3 Å². The summed E-state index contributed by atoms with van der Waals surface area (Å²) in [6, 6.07) is 8.22. The molecule has 1 aromatic carbocycles. The lowest BCUT2D eigenvalue weighted by molar-refractivity contribution is 0.119. The Morgan fingerprint density at radius 3 is 2.64 bits per heavy atom. The first-order valence-corrected chi connectivity index (χ1v) is 9.59. The summed E-state index contributed by atoms with van der Waals surface area (Å²) in [6.07, 6.45) is 3.99. The van der Waals surface area contributed by atoms with Crippen LogP contribution in [0.5, 0.6) is 5.75 Å². The van der Waals surface area contributed by atoms with Crippen LogP contribution in [0.3, 0.4) is 0 Å². The van der Waals surface area contributed by atoms with E-state index >= 15 is 0 Å². The molecular weight excluding hydrogens is 332 g/mol. The number of aryl methyl sites for hydroxylation is 2. The number of nitrogens with one attached hydrogen (secondary N) is 2. The van der Waals surface area contributed by atoms with E-state index in [4.69, 9.17) is 4.74 Å². The monoisotopic (exact) mass is 358 g/mol. The lowest BCUT2D eigenvalue weighted by atomic mass is 9.96. The van der Waals surface area contributed by atoms with Gasteiger partial charge in [-0.25, -0.2) is 4.98 Å². The normalized spacial score (nSPS) is 14.9. The molecule has 1 aliphatic carbocycles. The van der Waals surface area contributed by atoms with Crippen LogP contribution in [0.15, 0.2) is 29.3 Å². The van der Waals surface area contributed by atoms with Crippen LogP contribution in [0.1, 0.15) is 40.4 Å². The predicted octanol–water partition coefficient (Wildman–Crippen LogP) is 3.56. The Morgan fingerprint density at radius 1 is 1.24 bits per heavy atom. The Labute approximate surface area is 153 Å². The van der Waals surface area contributed by atoms with Crippen molar-refractivity contribution in [3.63, 3.8) is 0 Å². The van der Waals surface area contributed by atoms with E-state index in [1.807, 2.05) is 25.1 Å². The molecule has 3 rings (SSSR count). The molecule has 1 heterocycles. The van der Waals surface area contributed by atoms with E-state index in [0.29, 0.717) is 19.2 Å². The van der Waals surface area contributed by atoms with Crippen molar-refractivity contribution in [1.29, 1.82) is 0 Å². The molecule has 2 N–H and O–H groups in total. The van der Waals surface area contributed by atoms with E-state index in [1.54, 1.807) is 18.4 Å². The van der Waals surface area contributed by atoms with Crippen molar-refractivity contribution in [3.05, 3.63) is 45.4 Å². The summed E-state index contributed by atoms with van der Waals surface area (Å²) in [7, 11) is 1.78. The number of aliphatic imine (C=N–C) groups is 1. The van der Waals surface area contributed by atoms with Crippen LogP contribution in [0.25, 0.3) is 0 Å². The summed E-state index contributed by atoms with van der Waals surface area (Å²) in [6.45, 7) is 5.50. The van der Waals surface area contributed by atoms with Gasteiger partial charge in [-0.05, 0) is 39.2 Å². The number of thiazole rings is 1. The number of aromatic nitrogens is 1. The highest BCUT2D eigenvalue weighted by Gasteiger charge is 2.20. The van der Waals surface area contributed by atoms with Crippen molar-refractivity contribution in [1.82, 2.24) is 15.6 Å². The zero-order valence-corrected chi connectivity index (χ0v) is 15.9. The van der Waals surface area contributed by atoms with Crippen LogP contribution in [0.2, 0.25) is 0 Å². The lowest BCUT2D eigenvalue weighted by Crippen LogP contribution is -2.36. The van der Waals surface area contributed by atoms with Crippen LogP contribution < -0.4 is 15.4 Å². The average molecular weight is 359 g/mol. The van der Waals surface area contributed by atoms with Gasteiger partial charge < -0.3 is 15.4 Å². The van der Waals surface area contributed by atoms with Gasteiger partial charge in [0.1, 0.15) is 10.8 Å². The number of rotatable bonds is 6. The first-order chi connectivity index (χ1) is 12.2. The third-order valence-corrected chi connectivity index (χ3v) is 5.54. The second kappa shape index (κ2) is 8.34. The first-order valence-electron chi connectivity index (χ1n) is 8.77. The largest absolute Gasteiger partial charge is 0.490 e. The molecule has 0 atom stereocenters. The van der Waals surface area contributed by atoms with Gasteiger partial charge in [-0.2, -0.15) is 0 Å². The van der Waals surface area contributed by atoms with Gasteiger partial charge >= 0.3 is 0 Å². The van der Waals surface area contributed by atoms with Crippen molar-refractivity contribution in [2.24, 2.45) is 4.99 Å². The molecule has 6 heteroatoms. The summed E-state index contributed by atoms with van der Waals surface area (Å²) < 4.78 is 6.08. The third kappa shape index (κ3) is 4.72. The SMILES string of the molecule is CN=C(NCc1nc(C)c(C)s1)NCc1ccccc1OC1CCC1. The molecule has 25 heavy (non-hydrogen) atoms. The number of ether oxygens (including phenoxy) is 1. The maximum atomic E-state index is 6.08. The fourth-order valence-electron chi connectivity index (χ4n) is 2.61. The summed E-state index contributed by atoms with van der Waals surface area (Å²) in [5.74, 6) is 1.74. The van der Waals surface area contributed by atoms with E-state index in [-0.39, 0.29) is 0 Å². The number of nitrogens with zero attached hydrogens (tertiary/aromatic N) is 2. The topological polar surface area (TPSA) is 58.5 Å². The Hall–Kier alpha value is -2.08. The fraction of sp³-hybridized carbons (Fsp3) is 0.474. The van der Waals surface area contributed by atoms with E-state index in [2.05, 4.69) is 33.6 Å². The van der Waals surface area contributed by atoms with E-state index < -0.39 is 0 Å². The molecular formula is C19H26N4OS. The molecule has 0 aliphatic heterocycles. The summed E-state index contributed by atoms with van der Waals surface area (Å²) >= 11 is 1.72. The Bertz CT molecular complexity index is 717. The van der Waals surface area contributed by atoms with Crippen molar-refractivity contribution < 1.29 is 4.74 Å². The molecule has 1 fully saturated rings. The number of hydrogen-bond acceptors (Lipinski definition) is 4. The quantitative estimate of drug-likeness (QED) is 0.612. The fourth-order valence-corrected chi connectivity index (χ4v) is 3.48. The van der Waals surface area contributed by atoms with Crippen molar-refractivity contribution in [2.75, 3.05) is 7.05 Å². The summed E-state index contributed by atoms with van der Waals surface area (Å²) in [4.78, 5) is 10.1. The van der Waals surface area contributed by atoms with Gasteiger partial charge in [0.2, 0.25) is 0 Å². The molecule has 0 saturated heterocycles. The highest BCUT2D eigenvalue weighted by Crippen LogP contribution is 2.27. The minimum absolute atomic E-state index is 0.384. The highest BCUT2D eigenvalue weighted by atomic mass is 32.1. The van der Waals surface area contributed by atoms with Crippen molar-refractivity contribution in [3.8, 4) is 5.75 Å². The van der Waals surface area contributed by atoms with E-state index in [9.17, 15) is 0 Å². The van der Waals surface area contributed by atoms with E-state index in [0.717, 1.165) is 40.8 Å². The van der Waals surface area contributed by atoms with Crippen LogP contribution >= 0.6 is 11.3 Å². The molecule has 1 saturated carbocycles. The maximum Gasteiger partial charge on any atom is 0.191 e. The zero-order valence-electron chi connectivity index (χ0n) is 15.1. The Balaban J connectivity index is 1.54. The van der Waals surface area contributed by atoms with Gasteiger partial charge in [0.25, 0.3) is 0 Å². The molecule has 1 aromatic heterocycles. The number of para-hydroxylation sites is 1. The molecule has 0 radical (unpaired) electrons. The standard InChI is InChI=1S/C19H26N4OS/c1-13-14(2)25-18(23-13)12-22-19(20-3)21-11-15-7-4-5-10-17(15)24-16-8-6-9-16/h4-5,7,10,16H,6,8-9,11-12H2,1-3H3,(H2,20,21,22). The molecule has 0 amide bonds. The lowest BCUT2D eigenvalue weighted by Gasteiger charge is -2.27. The molecule has 5 nitrogen and oxygen atoms in total. The average Bonchev–Trinajstić information content (AvgIpc) is 2.90. The van der Waals surface area contributed by atoms with Gasteiger partial charge in [0.15, 0.2) is 5.96 Å². The van der Waals surface area contributed by atoms with Gasteiger partial charge in [-0.3, -0.25) is 4.99 Å². The van der Waals surface area contributed by atoms with Crippen LogP contribution in [-0.2, 0) is 13.1 Å². The third-order valence-electron chi connectivity index (χ3n) is 4.47. The molecule has 0 bridgehead atoms. The number of guanidine groups is 1. The van der Waals surface area contributed by atoms with Crippen LogP contribution in [-0.4, -0.2) is 24.1 Å². The van der Waals surface area contributed by atoms with Gasteiger partial charge in [-0.15, -0.1) is 11.3 Å². The Morgan fingerprint density at radius 2 is 2.00 bits per heavy atom. The van der Waals surface area contributed by atoms with Crippen molar-refractivity contribution >= 4 is 17.3 Å². The Kier molecular flexibility index (Phi) is 5.91. The van der Waals surface area contributed by atoms with Gasteiger partial charge in [-0.1, -0.05) is 18.2 Å². The highest BCUT2D eigenvalue weighted by molar-refractivity contribution is 7.11. The number of hydrogen-bond donors (Lipinski definition) is 2. The summed E-state index contributed by atoms with van der Waals surface area (Å²) in [5, 5.41) is 7.76. The smallest absolute Gasteiger partial charge is 0.191 e. The van der Waals surface area contributed by atoms with Gasteiger partial charge in [0, 0.05) is 24.0 Å². The van der Waals surface area contributed by atoms with Crippen LogP contribution in [0.4, 0.5) is 0 Å².